The van der Waals surface area contributed by atoms with Crippen molar-refractivity contribution in [3.63, 3.8) is 0 Å². The van der Waals surface area contributed by atoms with E-state index in [0.717, 1.165) is 23.1 Å². The van der Waals surface area contributed by atoms with Crippen LogP contribution in [-0.4, -0.2) is 27.0 Å². The average Bonchev–Trinajstić information content (AvgIpc) is 2.82. The van der Waals surface area contributed by atoms with Crippen LogP contribution in [0.4, 0.5) is 0 Å². The van der Waals surface area contributed by atoms with E-state index < -0.39 is 5.97 Å². The normalized spacial score (nSPS) is 10.7. The quantitative estimate of drug-likeness (QED) is 0.836. The Hall–Kier alpha value is -1.76. The van der Waals surface area contributed by atoms with Gasteiger partial charge in [0, 0.05) is 0 Å². The van der Waals surface area contributed by atoms with Crippen molar-refractivity contribution in [2.75, 3.05) is 5.75 Å². The van der Waals surface area contributed by atoms with Gasteiger partial charge in [0.05, 0.1) is 5.56 Å². The molecule has 2 heterocycles. The number of thioether (sulfide) groups is 1. The van der Waals surface area contributed by atoms with Gasteiger partial charge in [-0.1, -0.05) is 11.8 Å². The zero-order valence-corrected chi connectivity index (χ0v) is 10.1. The highest BCUT2D eigenvalue weighted by molar-refractivity contribution is 7.99. The van der Waals surface area contributed by atoms with Gasteiger partial charge in [0.25, 0.3) is 11.1 Å². The van der Waals surface area contributed by atoms with Gasteiger partial charge in [-0.3, -0.25) is 4.79 Å². The molecule has 7 heteroatoms. The number of hydrogen-bond donors (Lipinski definition) is 1. The third-order valence-electron chi connectivity index (χ3n) is 2.00. The van der Waals surface area contributed by atoms with Crippen LogP contribution in [0.15, 0.2) is 20.1 Å². The maximum Gasteiger partial charge on any atom is 0.314 e. The summed E-state index contributed by atoms with van der Waals surface area (Å²) in [6, 6.07) is 1.80. The van der Waals surface area contributed by atoms with Gasteiger partial charge < -0.3 is 13.9 Å². The van der Waals surface area contributed by atoms with E-state index in [0.29, 0.717) is 11.7 Å². The Morgan fingerprint density at radius 2 is 2.18 bits per heavy atom. The maximum atomic E-state index is 10.4. The fourth-order valence-corrected chi connectivity index (χ4v) is 1.83. The number of aromatic nitrogens is 2. The van der Waals surface area contributed by atoms with Crippen molar-refractivity contribution in [3.05, 3.63) is 17.6 Å². The number of aliphatic carboxylic acids is 1. The van der Waals surface area contributed by atoms with Crippen LogP contribution in [-0.2, 0) is 4.79 Å². The van der Waals surface area contributed by atoms with E-state index in [1.54, 1.807) is 13.0 Å². The molecule has 0 fully saturated rings. The number of hydrogen-bond acceptors (Lipinski definition) is 6. The monoisotopic (exact) mass is 254 g/mol. The largest absolute Gasteiger partial charge is 0.481 e. The molecule has 2 aromatic rings. The molecule has 0 spiro atoms. The van der Waals surface area contributed by atoms with Crippen LogP contribution >= 0.6 is 11.8 Å². The standard InChI is InChI=1S/C10H10N2O4S/c1-5-3-7(6(2)15-5)9-11-12-10(16-9)17-4-8(13)14/h3H,4H2,1-2H3,(H,13,14). The van der Waals surface area contributed by atoms with E-state index in [1.807, 2.05) is 6.92 Å². The smallest absolute Gasteiger partial charge is 0.314 e. The minimum atomic E-state index is -0.926. The van der Waals surface area contributed by atoms with Crippen molar-refractivity contribution in [2.45, 2.75) is 19.1 Å². The molecule has 0 aromatic carbocycles. The van der Waals surface area contributed by atoms with Gasteiger partial charge in [-0.25, -0.2) is 0 Å². The number of rotatable bonds is 4. The fraction of sp³-hybridized carbons (Fsp3) is 0.300. The first kappa shape index (κ1) is 11.7. The van der Waals surface area contributed by atoms with Gasteiger partial charge >= 0.3 is 5.97 Å². The molecule has 0 saturated carbocycles. The van der Waals surface area contributed by atoms with Gasteiger partial charge in [-0.15, -0.1) is 10.2 Å². The lowest BCUT2D eigenvalue weighted by atomic mass is 10.2. The minimum absolute atomic E-state index is 0.106. The molecule has 0 atom stereocenters. The third kappa shape index (κ3) is 2.68. The van der Waals surface area contributed by atoms with E-state index in [2.05, 4.69) is 10.2 Å². The lowest BCUT2D eigenvalue weighted by Crippen LogP contribution is -1.97. The van der Waals surface area contributed by atoms with E-state index in [4.69, 9.17) is 13.9 Å². The van der Waals surface area contributed by atoms with Gasteiger partial charge in [0.1, 0.15) is 17.3 Å². The molecule has 0 unspecified atom stereocenters. The SMILES string of the molecule is Cc1cc(-c2nnc(SCC(=O)O)o2)c(C)o1. The predicted molar refractivity (Wildman–Crippen MR) is 59.8 cm³/mol. The van der Waals surface area contributed by atoms with Gasteiger partial charge in [-0.2, -0.15) is 0 Å². The Morgan fingerprint density at radius 3 is 2.76 bits per heavy atom. The summed E-state index contributed by atoms with van der Waals surface area (Å²) in [4.78, 5) is 10.4. The van der Waals surface area contributed by atoms with E-state index in [-0.39, 0.29) is 11.0 Å². The second kappa shape index (κ2) is 4.62. The first-order valence-electron chi connectivity index (χ1n) is 4.82. The van der Waals surface area contributed by atoms with Crippen LogP contribution in [0, 0.1) is 13.8 Å². The van der Waals surface area contributed by atoms with Crippen LogP contribution < -0.4 is 0 Å². The number of nitrogens with zero attached hydrogens (tertiary/aromatic N) is 2. The lowest BCUT2D eigenvalue weighted by molar-refractivity contribution is -0.133. The molecule has 0 saturated heterocycles. The Balaban J connectivity index is 2.18. The van der Waals surface area contributed by atoms with Crippen molar-refractivity contribution in [1.82, 2.24) is 10.2 Å². The summed E-state index contributed by atoms with van der Waals surface area (Å²) in [5.41, 5.74) is 0.733. The fourth-order valence-electron chi connectivity index (χ4n) is 1.34. The van der Waals surface area contributed by atoms with Crippen molar-refractivity contribution < 1.29 is 18.7 Å². The van der Waals surface area contributed by atoms with Crippen LogP contribution in [0.2, 0.25) is 0 Å². The summed E-state index contributed by atoms with van der Waals surface area (Å²) in [7, 11) is 0. The molecule has 90 valence electrons. The molecular formula is C10H10N2O4S. The van der Waals surface area contributed by atoms with E-state index in [9.17, 15) is 4.79 Å². The zero-order chi connectivity index (χ0) is 12.4. The second-order valence-electron chi connectivity index (χ2n) is 3.38. The highest BCUT2D eigenvalue weighted by Gasteiger charge is 2.15. The number of furan rings is 1. The molecule has 2 rings (SSSR count). The van der Waals surface area contributed by atoms with E-state index >= 15 is 0 Å². The molecule has 6 nitrogen and oxygen atoms in total. The molecule has 0 aliphatic carbocycles. The highest BCUT2D eigenvalue weighted by atomic mass is 32.2. The number of aryl methyl sites for hydroxylation is 2. The molecule has 0 aliphatic rings. The number of carbonyl (C=O) groups is 1. The molecule has 1 N–H and O–H groups in total. The predicted octanol–water partition coefficient (Wildman–Crippen LogP) is 2.12. The second-order valence-corrected chi connectivity index (χ2v) is 4.31. The Morgan fingerprint density at radius 1 is 1.41 bits per heavy atom. The van der Waals surface area contributed by atoms with Crippen LogP contribution in [0.25, 0.3) is 11.5 Å². The number of carboxylic acid groups (broad SMARTS) is 1. The van der Waals surface area contributed by atoms with Crippen LogP contribution in [0.5, 0.6) is 0 Å². The molecule has 0 radical (unpaired) electrons. The average molecular weight is 254 g/mol. The molecular weight excluding hydrogens is 244 g/mol. The van der Waals surface area contributed by atoms with Crippen LogP contribution in [0.3, 0.4) is 0 Å². The van der Waals surface area contributed by atoms with Crippen molar-refractivity contribution >= 4 is 17.7 Å². The molecule has 0 amide bonds. The summed E-state index contributed by atoms with van der Waals surface area (Å²) >= 11 is 0.986. The zero-order valence-electron chi connectivity index (χ0n) is 9.26. The minimum Gasteiger partial charge on any atom is -0.481 e. The van der Waals surface area contributed by atoms with Crippen molar-refractivity contribution in [1.29, 1.82) is 0 Å². The highest BCUT2D eigenvalue weighted by Crippen LogP contribution is 2.27. The summed E-state index contributed by atoms with van der Waals surface area (Å²) in [5.74, 6) is 0.763. The third-order valence-corrected chi connectivity index (χ3v) is 2.80. The summed E-state index contributed by atoms with van der Waals surface area (Å²) in [6.07, 6.45) is 0. The van der Waals surface area contributed by atoms with E-state index in [1.165, 1.54) is 0 Å². The number of carboxylic acids is 1. The molecule has 17 heavy (non-hydrogen) atoms. The Kier molecular flexibility index (Phi) is 3.19. The summed E-state index contributed by atoms with van der Waals surface area (Å²) < 4.78 is 10.7. The summed E-state index contributed by atoms with van der Waals surface area (Å²) in [6.45, 7) is 3.63. The first-order valence-corrected chi connectivity index (χ1v) is 5.80. The lowest BCUT2D eigenvalue weighted by Gasteiger charge is -1.90. The summed E-state index contributed by atoms with van der Waals surface area (Å²) in [5, 5.41) is 16.4. The Bertz CT molecular complexity index is 546. The van der Waals surface area contributed by atoms with Crippen LogP contribution in [0.1, 0.15) is 11.5 Å². The van der Waals surface area contributed by atoms with Gasteiger partial charge in [0.15, 0.2) is 0 Å². The molecule has 2 aromatic heterocycles. The molecule has 0 aliphatic heterocycles. The van der Waals surface area contributed by atoms with Gasteiger partial charge in [-0.05, 0) is 19.9 Å². The first-order chi connectivity index (χ1) is 8.06. The Labute approximate surface area is 101 Å². The van der Waals surface area contributed by atoms with Gasteiger partial charge in [0.2, 0.25) is 0 Å². The molecule has 0 bridgehead atoms. The van der Waals surface area contributed by atoms with Crippen molar-refractivity contribution in [2.24, 2.45) is 0 Å². The topological polar surface area (TPSA) is 89.4 Å². The maximum absolute atomic E-state index is 10.4. The van der Waals surface area contributed by atoms with Crippen molar-refractivity contribution in [3.8, 4) is 11.5 Å².